The minimum atomic E-state index is -4.53. The largest absolute Gasteiger partial charge is 0.486 e. The molecule has 0 aliphatic heterocycles. The predicted molar refractivity (Wildman–Crippen MR) is 50.9 cm³/mol. The van der Waals surface area contributed by atoms with E-state index in [9.17, 15) is 22.0 Å². The molecule has 0 saturated carbocycles. The normalized spacial score (nSPS) is 11.4. The van der Waals surface area contributed by atoms with E-state index < -0.39 is 24.8 Å². The van der Waals surface area contributed by atoms with Crippen LogP contribution in [0.5, 0.6) is 5.75 Å². The molecule has 0 aliphatic rings. The highest BCUT2D eigenvalue weighted by molar-refractivity contribution is 5.47. The van der Waals surface area contributed by atoms with E-state index in [-0.39, 0.29) is 11.3 Å². The van der Waals surface area contributed by atoms with Crippen LogP contribution in [0.4, 0.5) is 22.0 Å². The van der Waals surface area contributed by atoms with Gasteiger partial charge in [-0.05, 0) is 18.2 Å². The summed E-state index contributed by atoms with van der Waals surface area (Å²) in [5, 5.41) is 0. The molecule has 1 nitrogen and oxygen atoms in total. The second-order valence-corrected chi connectivity index (χ2v) is 3.06. The van der Waals surface area contributed by atoms with Gasteiger partial charge in [-0.3, -0.25) is 0 Å². The first-order valence-corrected chi connectivity index (χ1v) is 4.43. The molecule has 0 spiro atoms. The summed E-state index contributed by atoms with van der Waals surface area (Å²) < 4.78 is 65.3. The molecular weight excluding hydrogens is 243 g/mol. The summed E-state index contributed by atoms with van der Waals surface area (Å²) >= 11 is 0. The molecule has 0 bridgehead atoms. The highest BCUT2D eigenvalue weighted by Gasteiger charge is 2.31. The second-order valence-electron chi connectivity index (χ2n) is 3.06. The molecule has 1 aromatic carbocycles. The zero-order valence-corrected chi connectivity index (χ0v) is 8.39. The van der Waals surface area contributed by atoms with Gasteiger partial charge in [-0.1, -0.05) is 5.92 Å². The van der Waals surface area contributed by atoms with Crippen molar-refractivity contribution in [2.45, 2.75) is 12.6 Å². The summed E-state index contributed by atoms with van der Waals surface area (Å²) in [6, 6.07) is 2.34. The fourth-order valence-corrected chi connectivity index (χ4v) is 1.10. The molecule has 0 aliphatic carbocycles. The van der Waals surface area contributed by atoms with E-state index in [1.807, 2.05) is 5.92 Å². The zero-order valence-electron chi connectivity index (χ0n) is 8.39. The summed E-state index contributed by atoms with van der Waals surface area (Å²) in [4.78, 5) is 0. The van der Waals surface area contributed by atoms with Crippen LogP contribution in [0.3, 0.4) is 0 Å². The average molecular weight is 250 g/mol. The Morgan fingerprint density at radius 1 is 1.29 bits per heavy atom. The molecule has 0 fully saturated rings. The second kappa shape index (κ2) is 5.04. The van der Waals surface area contributed by atoms with Crippen LogP contribution in [0.15, 0.2) is 18.2 Å². The lowest BCUT2D eigenvalue weighted by molar-refractivity contribution is -0.137. The van der Waals surface area contributed by atoms with Gasteiger partial charge in [-0.25, -0.2) is 8.78 Å². The Hall–Kier alpha value is -1.77. The molecule has 0 saturated heterocycles. The van der Waals surface area contributed by atoms with E-state index in [2.05, 4.69) is 4.74 Å². The van der Waals surface area contributed by atoms with Crippen LogP contribution >= 0.6 is 0 Å². The van der Waals surface area contributed by atoms with Gasteiger partial charge >= 0.3 is 6.18 Å². The average Bonchev–Trinajstić information content (AvgIpc) is 2.24. The van der Waals surface area contributed by atoms with Gasteiger partial charge in [0.05, 0.1) is 11.1 Å². The summed E-state index contributed by atoms with van der Waals surface area (Å²) in [5.41, 5.74) is -1.16. The van der Waals surface area contributed by atoms with Gasteiger partial charge in [0.1, 0.15) is 12.4 Å². The number of alkyl halides is 5. The molecule has 92 valence electrons. The van der Waals surface area contributed by atoms with Gasteiger partial charge in [0.15, 0.2) is 0 Å². The van der Waals surface area contributed by atoms with Crippen molar-refractivity contribution in [1.82, 2.24) is 0 Å². The van der Waals surface area contributed by atoms with Crippen LogP contribution < -0.4 is 4.74 Å². The summed E-state index contributed by atoms with van der Waals surface area (Å²) in [7, 11) is 0. The Bertz CT molecular complexity index is 430. The van der Waals surface area contributed by atoms with Crippen molar-refractivity contribution in [2.24, 2.45) is 0 Å². The number of rotatable bonds is 3. The van der Waals surface area contributed by atoms with Crippen molar-refractivity contribution in [3.63, 3.8) is 0 Å². The highest BCUT2D eigenvalue weighted by Crippen LogP contribution is 2.32. The van der Waals surface area contributed by atoms with Crippen LogP contribution in [0.1, 0.15) is 11.1 Å². The molecule has 1 aromatic rings. The maximum atomic E-state index is 12.3. The number of halogens is 5. The van der Waals surface area contributed by atoms with E-state index in [1.165, 1.54) is 0 Å². The van der Waals surface area contributed by atoms with Crippen molar-refractivity contribution in [2.75, 3.05) is 6.61 Å². The fourth-order valence-electron chi connectivity index (χ4n) is 1.10. The van der Waals surface area contributed by atoms with Crippen molar-refractivity contribution in [3.05, 3.63) is 29.3 Å². The SMILES string of the molecule is C#Cc1cc(C(F)(F)F)ccc1OCC(F)F. The molecule has 0 aromatic heterocycles. The van der Waals surface area contributed by atoms with Gasteiger partial charge in [-0.15, -0.1) is 6.42 Å². The Balaban J connectivity index is 2.99. The number of hydrogen-bond donors (Lipinski definition) is 0. The lowest BCUT2D eigenvalue weighted by Gasteiger charge is -2.11. The van der Waals surface area contributed by atoms with Crippen LogP contribution in [0.2, 0.25) is 0 Å². The molecular formula is C11H7F5O. The molecule has 0 atom stereocenters. The molecule has 0 N–H and O–H groups in total. The van der Waals surface area contributed by atoms with Gasteiger partial charge in [0, 0.05) is 0 Å². The van der Waals surface area contributed by atoms with Crippen molar-refractivity contribution < 1.29 is 26.7 Å². The van der Waals surface area contributed by atoms with Crippen molar-refractivity contribution in [3.8, 4) is 18.1 Å². The Kier molecular flexibility index (Phi) is 3.94. The minimum absolute atomic E-state index is 0.166. The van der Waals surface area contributed by atoms with E-state index >= 15 is 0 Å². The minimum Gasteiger partial charge on any atom is -0.486 e. The topological polar surface area (TPSA) is 9.23 Å². The number of benzene rings is 1. The predicted octanol–water partition coefficient (Wildman–Crippen LogP) is 3.33. The first-order chi connectivity index (χ1) is 7.84. The van der Waals surface area contributed by atoms with Crippen LogP contribution in [0, 0.1) is 12.3 Å². The summed E-state index contributed by atoms with van der Waals surface area (Å²) in [6.45, 7) is -0.917. The molecule has 0 unspecified atom stereocenters. The van der Waals surface area contributed by atoms with Crippen molar-refractivity contribution in [1.29, 1.82) is 0 Å². The van der Waals surface area contributed by atoms with Gasteiger partial charge < -0.3 is 4.74 Å². The van der Waals surface area contributed by atoms with E-state index in [0.29, 0.717) is 6.07 Å². The standard InChI is InChI=1S/C11H7F5O/c1-2-7-5-8(11(14,15)16)3-4-9(7)17-6-10(12)13/h1,3-5,10H,6H2. The molecule has 0 amide bonds. The van der Waals surface area contributed by atoms with Gasteiger partial charge in [0.2, 0.25) is 0 Å². The lowest BCUT2D eigenvalue weighted by atomic mass is 10.1. The summed E-state index contributed by atoms with van der Waals surface area (Å²) in [5.74, 6) is 1.80. The number of terminal acetylenes is 1. The van der Waals surface area contributed by atoms with Crippen LogP contribution in [0.25, 0.3) is 0 Å². The third-order valence-electron chi connectivity index (χ3n) is 1.83. The third kappa shape index (κ3) is 3.63. The monoisotopic (exact) mass is 250 g/mol. The Morgan fingerprint density at radius 2 is 1.94 bits per heavy atom. The number of ether oxygens (including phenoxy) is 1. The summed E-state index contributed by atoms with van der Waals surface area (Å²) in [6.07, 6.45) is -2.27. The molecule has 17 heavy (non-hydrogen) atoms. The molecule has 0 heterocycles. The number of hydrogen-bond acceptors (Lipinski definition) is 1. The van der Waals surface area contributed by atoms with E-state index in [0.717, 1.165) is 12.1 Å². The van der Waals surface area contributed by atoms with E-state index in [1.54, 1.807) is 0 Å². The third-order valence-corrected chi connectivity index (χ3v) is 1.83. The zero-order chi connectivity index (χ0) is 13.1. The van der Waals surface area contributed by atoms with E-state index in [4.69, 9.17) is 6.42 Å². The van der Waals surface area contributed by atoms with Gasteiger partial charge in [0.25, 0.3) is 6.43 Å². The van der Waals surface area contributed by atoms with Gasteiger partial charge in [-0.2, -0.15) is 13.2 Å². The quantitative estimate of drug-likeness (QED) is 0.590. The van der Waals surface area contributed by atoms with Crippen LogP contribution in [-0.2, 0) is 6.18 Å². The maximum absolute atomic E-state index is 12.3. The molecule has 0 radical (unpaired) electrons. The maximum Gasteiger partial charge on any atom is 0.416 e. The fraction of sp³-hybridized carbons (Fsp3) is 0.273. The Morgan fingerprint density at radius 3 is 2.41 bits per heavy atom. The smallest absolute Gasteiger partial charge is 0.416 e. The Labute approximate surface area is 94.2 Å². The van der Waals surface area contributed by atoms with Crippen molar-refractivity contribution >= 4 is 0 Å². The first-order valence-electron chi connectivity index (χ1n) is 4.43. The first kappa shape index (κ1) is 13.3. The molecule has 1 rings (SSSR count). The molecule has 6 heteroatoms. The lowest BCUT2D eigenvalue weighted by Crippen LogP contribution is -2.09. The van der Waals surface area contributed by atoms with Crippen LogP contribution in [-0.4, -0.2) is 13.0 Å². The highest BCUT2D eigenvalue weighted by atomic mass is 19.4.